The van der Waals surface area contributed by atoms with Crippen molar-refractivity contribution < 1.29 is 14.4 Å². The van der Waals surface area contributed by atoms with Gasteiger partial charge in [-0.15, -0.1) is 0 Å². The minimum Gasteiger partial charge on any atom is -0.355 e. The molecule has 1 heterocycles. The van der Waals surface area contributed by atoms with Crippen LogP contribution in [0.2, 0.25) is 0 Å². The number of hydrogen-bond acceptors (Lipinski definition) is 3. The van der Waals surface area contributed by atoms with Crippen LogP contribution in [0.3, 0.4) is 0 Å². The molecule has 18 heavy (non-hydrogen) atoms. The lowest BCUT2D eigenvalue weighted by molar-refractivity contribution is -0.143. The molecule has 0 bridgehead atoms. The highest BCUT2D eigenvalue weighted by Gasteiger charge is 2.28. The molecule has 0 aromatic carbocycles. The number of nitrogens with zero attached hydrogens (tertiary/aromatic N) is 2. The quantitative estimate of drug-likeness (QED) is 0.732. The number of carbonyl (C=O) groups is 3. The van der Waals surface area contributed by atoms with Crippen LogP contribution in [0.4, 0.5) is 0 Å². The first-order valence-electron chi connectivity index (χ1n) is 6.21. The van der Waals surface area contributed by atoms with E-state index in [2.05, 4.69) is 5.32 Å². The summed E-state index contributed by atoms with van der Waals surface area (Å²) in [6, 6.07) is 0. The van der Waals surface area contributed by atoms with Gasteiger partial charge in [-0.3, -0.25) is 14.4 Å². The molecule has 0 aromatic rings. The lowest BCUT2D eigenvalue weighted by Crippen LogP contribution is -2.47. The van der Waals surface area contributed by atoms with E-state index < -0.39 is 0 Å². The lowest BCUT2D eigenvalue weighted by atomic mass is 9.97. The van der Waals surface area contributed by atoms with E-state index in [0.717, 1.165) is 0 Å². The fourth-order valence-electron chi connectivity index (χ4n) is 1.85. The zero-order valence-electron chi connectivity index (χ0n) is 11.2. The van der Waals surface area contributed by atoms with E-state index in [1.165, 1.54) is 4.90 Å². The predicted octanol–water partition coefficient (Wildman–Crippen LogP) is -0.551. The number of carbonyl (C=O) groups excluding carboxylic acids is 3. The minimum atomic E-state index is -0.197. The van der Waals surface area contributed by atoms with Crippen molar-refractivity contribution in [3.05, 3.63) is 0 Å². The van der Waals surface area contributed by atoms with Crippen molar-refractivity contribution in [1.29, 1.82) is 0 Å². The zero-order valence-corrected chi connectivity index (χ0v) is 11.2. The van der Waals surface area contributed by atoms with Gasteiger partial charge >= 0.3 is 0 Å². The molecule has 0 radical (unpaired) electrons. The topological polar surface area (TPSA) is 69.7 Å². The number of rotatable bonds is 4. The molecule has 1 rings (SSSR count). The van der Waals surface area contributed by atoms with E-state index in [1.54, 1.807) is 19.0 Å². The van der Waals surface area contributed by atoms with E-state index in [1.807, 2.05) is 6.92 Å². The summed E-state index contributed by atoms with van der Waals surface area (Å²) in [6.45, 7) is 2.84. The summed E-state index contributed by atoms with van der Waals surface area (Å²) in [4.78, 5) is 37.9. The average molecular weight is 255 g/mol. The Hall–Kier alpha value is -1.59. The third-order valence-corrected chi connectivity index (χ3v) is 3.13. The molecule has 1 aliphatic rings. The monoisotopic (exact) mass is 255 g/mol. The first-order chi connectivity index (χ1) is 8.45. The Labute approximate surface area is 107 Å². The van der Waals surface area contributed by atoms with Gasteiger partial charge in [0.25, 0.3) is 0 Å². The van der Waals surface area contributed by atoms with Crippen molar-refractivity contribution in [2.75, 3.05) is 33.7 Å². The second kappa shape index (κ2) is 6.37. The maximum atomic E-state index is 12.2. The van der Waals surface area contributed by atoms with Gasteiger partial charge in [-0.1, -0.05) is 0 Å². The highest BCUT2D eigenvalue weighted by Crippen LogP contribution is 2.14. The molecular weight excluding hydrogens is 234 g/mol. The summed E-state index contributed by atoms with van der Waals surface area (Å²) in [7, 11) is 3.34. The molecule has 1 unspecified atom stereocenters. The van der Waals surface area contributed by atoms with Gasteiger partial charge in [-0.2, -0.15) is 0 Å². The molecule has 0 spiro atoms. The van der Waals surface area contributed by atoms with Crippen LogP contribution in [0.25, 0.3) is 0 Å². The second-order valence-electron chi connectivity index (χ2n) is 4.68. The minimum absolute atomic E-state index is 0.00790. The van der Waals surface area contributed by atoms with Crippen molar-refractivity contribution in [3.8, 4) is 0 Å². The number of likely N-dealkylation sites (N-methyl/N-ethyl adjacent to an activating group) is 2. The third kappa shape index (κ3) is 3.72. The first-order valence-corrected chi connectivity index (χ1v) is 6.21. The Kier molecular flexibility index (Phi) is 5.12. The van der Waals surface area contributed by atoms with Crippen LogP contribution in [0.5, 0.6) is 0 Å². The van der Waals surface area contributed by atoms with Crippen molar-refractivity contribution in [2.45, 2.75) is 19.8 Å². The summed E-state index contributed by atoms with van der Waals surface area (Å²) in [5.41, 5.74) is 0. The molecule has 6 nitrogen and oxygen atoms in total. The van der Waals surface area contributed by atoms with Gasteiger partial charge in [0.1, 0.15) is 0 Å². The molecule has 6 heteroatoms. The van der Waals surface area contributed by atoms with Crippen molar-refractivity contribution in [3.63, 3.8) is 0 Å². The summed E-state index contributed by atoms with van der Waals surface area (Å²) in [5.74, 6) is -0.346. The molecule has 0 aromatic heterocycles. The highest BCUT2D eigenvalue weighted by atomic mass is 16.2. The highest BCUT2D eigenvalue weighted by molar-refractivity contribution is 5.87. The van der Waals surface area contributed by atoms with Gasteiger partial charge in [0.2, 0.25) is 17.7 Å². The van der Waals surface area contributed by atoms with E-state index >= 15 is 0 Å². The molecule has 1 N–H and O–H groups in total. The van der Waals surface area contributed by atoms with E-state index in [4.69, 9.17) is 0 Å². The van der Waals surface area contributed by atoms with Crippen LogP contribution in [0.1, 0.15) is 19.8 Å². The van der Waals surface area contributed by atoms with Gasteiger partial charge in [0, 0.05) is 33.6 Å². The van der Waals surface area contributed by atoms with Crippen molar-refractivity contribution in [1.82, 2.24) is 15.1 Å². The molecule has 102 valence electrons. The summed E-state index contributed by atoms with van der Waals surface area (Å²) in [6.07, 6.45) is 0.951. The maximum absolute atomic E-state index is 12.2. The van der Waals surface area contributed by atoms with Crippen molar-refractivity contribution >= 4 is 17.7 Å². The lowest BCUT2D eigenvalue weighted by Gasteiger charge is -2.29. The Morgan fingerprint density at radius 2 is 2.06 bits per heavy atom. The van der Waals surface area contributed by atoms with Crippen LogP contribution in [-0.4, -0.2) is 61.3 Å². The zero-order chi connectivity index (χ0) is 13.7. The normalized spacial score (nSPS) is 19.1. The molecule has 1 atom stereocenters. The van der Waals surface area contributed by atoms with Gasteiger partial charge in [0.05, 0.1) is 12.5 Å². The van der Waals surface area contributed by atoms with Crippen molar-refractivity contribution in [2.24, 2.45) is 5.92 Å². The largest absolute Gasteiger partial charge is 0.355 e. The third-order valence-electron chi connectivity index (χ3n) is 3.13. The number of nitrogens with one attached hydrogen (secondary N) is 1. The van der Waals surface area contributed by atoms with Crippen LogP contribution < -0.4 is 5.32 Å². The smallest absolute Gasteiger partial charge is 0.241 e. The van der Waals surface area contributed by atoms with Crippen LogP contribution in [-0.2, 0) is 14.4 Å². The Balaban J connectivity index is 2.56. The van der Waals surface area contributed by atoms with Gasteiger partial charge in [0.15, 0.2) is 0 Å². The van der Waals surface area contributed by atoms with Gasteiger partial charge in [-0.25, -0.2) is 0 Å². The number of piperidine rings is 1. The Morgan fingerprint density at radius 3 is 2.50 bits per heavy atom. The molecule has 1 saturated heterocycles. The SMILES string of the molecule is CCN(CC(=O)N(C)C)C(=O)C1CCC(=O)NC1. The van der Waals surface area contributed by atoms with Crippen LogP contribution >= 0.6 is 0 Å². The van der Waals surface area contributed by atoms with E-state index in [-0.39, 0.29) is 30.2 Å². The number of amides is 3. The molecule has 0 aliphatic carbocycles. The summed E-state index contributed by atoms with van der Waals surface area (Å²) in [5, 5.41) is 2.69. The van der Waals surface area contributed by atoms with E-state index in [0.29, 0.717) is 25.9 Å². The van der Waals surface area contributed by atoms with E-state index in [9.17, 15) is 14.4 Å². The van der Waals surface area contributed by atoms with Gasteiger partial charge < -0.3 is 15.1 Å². The fraction of sp³-hybridized carbons (Fsp3) is 0.750. The Bertz CT molecular complexity index is 331. The predicted molar refractivity (Wildman–Crippen MR) is 66.7 cm³/mol. The second-order valence-corrected chi connectivity index (χ2v) is 4.68. The molecule has 1 fully saturated rings. The van der Waals surface area contributed by atoms with Crippen LogP contribution in [0.15, 0.2) is 0 Å². The Morgan fingerprint density at radius 1 is 1.39 bits per heavy atom. The molecular formula is C12H21N3O3. The maximum Gasteiger partial charge on any atom is 0.241 e. The molecule has 3 amide bonds. The fourth-order valence-corrected chi connectivity index (χ4v) is 1.85. The van der Waals surface area contributed by atoms with Gasteiger partial charge in [-0.05, 0) is 13.3 Å². The summed E-state index contributed by atoms with van der Waals surface area (Å²) < 4.78 is 0. The van der Waals surface area contributed by atoms with Crippen LogP contribution in [0, 0.1) is 5.92 Å². The molecule has 0 saturated carbocycles. The summed E-state index contributed by atoms with van der Waals surface area (Å²) >= 11 is 0. The molecule has 1 aliphatic heterocycles. The number of hydrogen-bond donors (Lipinski definition) is 1. The first kappa shape index (κ1) is 14.5. The average Bonchev–Trinajstić information content (AvgIpc) is 2.35. The standard InChI is InChI=1S/C12H21N3O3/c1-4-15(8-11(17)14(2)3)12(18)9-5-6-10(16)13-7-9/h9H,4-8H2,1-3H3,(H,13,16).